The summed E-state index contributed by atoms with van der Waals surface area (Å²) < 4.78 is 0. The lowest BCUT2D eigenvalue weighted by molar-refractivity contribution is -0.121. The highest BCUT2D eigenvalue weighted by molar-refractivity contribution is 5.84. The van der Waals surface area contributed by atoms with Crippen LogP contribution < -0.4 is 20.9 Å². The number of rotatable bonds is 8. The van der Waals surface area contributed by atoms with Gasteiger partial charge in [-0.25, -0.2) is 0 Å². The van der Waals surface area contributed by atoms with Crippen molar-refractivity contribution < 1.29 is 4.79 Å². The van der Waals surface area contributed by atoms with Gasteiger partial charge >= 0.3 is 0 Å². The molecule has 178 valence electrons. The van der Waals surface area contributed by atoms with Gasteiger partial charge in [-0.1, -0.05) is 49.6 Å². The van der Waals surface area contributed by atoms with E-state index in [9.17, 15) is 4.79 Å². The van der Waals surface area contributed by atoms with Crippen LogP contribution in [0, 0.1) is 0 Å². The van der Waals surface area contributed by atoms with E-state index in [0.29, 0.717) is 17.8 Å². The molecule has 1 aromatic heterocycles. The maximum Gasteiger partial charge on any atom is 0.242 e. The normalized spacial score (nSPS) is 19.7. The number of aryl methyl sites for hydroxylation is 1. The molecule has 2 saturated heterocycles. The highest BCUT2D eigenvalue weighted by atomic mass is 16.2. The molecule has 1 aromatic carbocycles. The first-order valence-electron chi connectivity index (χ1n) is 12.6. The van der Waals surface area contributed by atoms with Crippen LogP contribution in [0.15, 0.2) is 30.3 Å². The van der Waals surface area contributed by atoms with Crippen LogP contribution in [-0.4, -0.2) is 53.1 Å². The summed E-state index contributed by atoms with van der Waals surface area (Å²) in [6.07, 6.45) is 10.9. The molecule has 8 nitrogen and oxygen atoms in total. The molecule has 2 fully saturated rings. The third-order valence-corrected chi connectivity index (χ3v) is 6.37. The molecule has 1 atom stereocenters. The van der Waals surface area contributed by atoms with E-state index >= 15 is 0 Å². The van der Waals surface area contributed by atoms with Gasteiger partial charge in [-0.15, -0.1) is 0 Å². The Morgan fingerprint density at radius 2 is 1.67 bits per heavy atom. The van der Waals surface area contributed by atoms with Crippen LogP contribution in [0.5, 0.6) is 0 Å². The summed E-state index contributed by atoms with van der Waals surface area (Å²) in [5.41, 5.74) is 1.33. The minimum Gasteiger partial charge on any atom is -0.354 e. The van der Waals surface area contributed by atoms with Gasteiger partial charge in [-0.05, 0) is 50.5 Å². The second-order valence-electron chi connectivity index (χ2n) is 9.04. The molecule has 2 aliphatic heterocycles. The fourth-order valence-corrected chi connectivity index (χ4v) is 4.47. The molecule has 0 bridgehead atoms. The third kappa shape index (κ3) is 7.30. The predicted molar refractivity (Wildman–Crippen MR) is 133 cm³/mol. The first kappa shape index (κ1) is 23.3. The monoisotopic (exact) mass is 451 g/mol. The maximum absolute atomic E-state index is 12.4. The number of carbonyl (C=O) groups excluding carboxylic acids is 1. The van der Waals surface area contributed by atoms with Crippen LogP contribution in [-0.2, 0) is 11.2 Å². The molecule has 2 aromatic rings. The average molecular weight is 452 g/mol. The molecular formula is C25H37N7O. The van der Waals surface area contributed by atoms with E-state index in [2.05, 4.69) is 50.1 Å². The van der Waals surface area contributed by atoms with Crippen molar-refractivity contribution >= 4 is 23.8 Å². The third-order valence-electron chi connectivity index (χ3n) is 6.37. The summed E-state index contributed by atoms with van der Waals surface area (Å²) in [6.45, 7) is 3.44. The predicted octanol–water partition coefficient (Wildman–Crippen LogP) is 3.77. The van der Waals surface area contributed by atoms with Gasteiger partial charge in [0.25, 0.3) is 0 Å². The molecule has 3 N–H and O–H groups in total. The number of amides is 1. The second-order valence-corrected chi connectivity index (χ2v) is 9.04. The Morgan fingerprint density at radius 1 is 0.909 bits per heavy atom. The lowest BCUT2D eigenvalue weighted by atomic mass is 10.1. The molecule has 1 amide bonds. The fourth-order valence-electron chi connectivity index (χ4n) is 4.47. The molecule has 0 saturated carbocycles. The van der Waals surface area contributed by atoms with Crippen LogP contribution in [0.25, 0.3) is 0 Å². The van der Waals surface area contributed by atoms with E-state index in [-0.39, 0.29) is 11.9 Å². The Kier molecular flexibility index (Phi) is 8.72. The number of nitrogens with one attached hydrogen (secondary N) is 3. The van der Waals surface area contributed by atoms with Crippen LogP contribution >= 0.6 is 0 Å². The molecule has 1 unspecified atom stereocenters. The number of hydrogen-bond donors (Lipinski definition) is 3. The van der Waals surface area contributed by atoms with E-state index in [1.54, 1.807) is 0 Å². The van der Waals surface area contributed by atoms with Crippen molar-refractivity contribution in [3.05, 3.63) is 35.9 Å². The Balaban J connectivity index is 1.46. The lowest BCUT2D eigenvalue weighted by Gasteiger charge is -2.25. The van der Waals surface area contributed by atoms with Crippen molar-refractivity contribution in [3.8, 4) is 0 Å². The Hall–Kier alpha value is -2.90. The van der Waals surface area contributed by atoms with Crippen LogP contribution in [0.1, 0.15) is 63.4 Å². The van der Waals surface area contributed by atoms with Crippen molar-refractivity contribution in [2.24, 2.45) is 0 Å². The zero-order valence-corrected chi connectivity index (χ0v) is 19.6. The molecule has 8 heteroatoms. The van der Waals surface area contributed by atoms with Gasteiger partial charge in [-0.3, -0.25) is 4.79 Å². The molecule has 0 radical (unpaired) electrons. The number of hydrogen-bond acceptors (Lipinski definition) is 7. The zero-order chi connectivity index (χ0) is 22.7. The van der Waals surface area contributed by atoms with Crippen LogP contribution in [0.3, 0.4) is 0 Å². The quantitative estimate of drug-likeness (QED) is 0.526. The molecule has 2 aliphatic rings. The minimum atomic E-state index is -0.305. The van der Waals surface area contributed by atoms with Gasteiger partial charge in [0, 0.05) is 26.2 Å². The summed E-state index contributed by atoms with van der Waals surface area (Å²) in [5, 5.41) is 9.67. The van der Waals surface area contributed by atoms with Crippen molar-refractivity contribution in [3.63, 3.8) is 0 Å². The lowest BCUT2D eigenvalue weighted by Crippen LogP contribution is -2.38. The summed E-state index contributed by atoms with van der Waals surface area (Å²) >= 11 is 0. The molecular weight excluding hydrogens is 414 g/mol. The molecule has 0 spiro atoms. The summed E-state index contributed by atoms with van der Waals surface area (Å²) in [5.74, 6) is 1.79. The van der Waals surface area contributed by atoms with Gasteiger partial charge in [0.2, 0.25) is 23.8 Å². The van der Waals surface area contributed by atoms with Gasteiger partial charge in [0.15, 0.2) is 0 Å². The minimum absolute atomic E-state index is 0.0260. The number of anilines is 3. The molecule has 0 aliphatic carbocycles. The summed E-state index contributed by atoms with van der Waals surface area (Å²) in [6, 6.07) is 10.2. The average Bonchev–Trinajstić information content (AvgIpc) is 3.01. The summed E-state index contributed by atoms with van der Waals surface area (Å²) in [7, 11) is 0. The standard InChI is InChI=1S/C25H37N7O/c33-22-21(15-7-8-16-26-22)28-24-29-23(27-17-11-14-20-12-5-4-6-13-20)30-25(31-24)32-18-9-2-1-3-10-19-32/h4-6,12-13,21H,1-3,7-11,14-19H2,(H,26,33)(H2,27,28,29,30,31). The second kappa shape index (κ2) is 12.4. The number of nitrogens with zero attached hydrogens (tertiary/aromatic N) is 4. The highest BCUT2D eigenvalue weighted by Crippen LogP contribution is 2.20. The van der Waals surface area contributed by atoms with Gasteiger partial charge in [-0.2, -0.15) is 15.0 Å². The number of carbonyl (C=O) groups is 1. The number of benzene rings is 1. The van der Waals surface area contributed by atoms with E-state index in [1.807, 2.05) is 6.07 Å². The summed E-state index contributed by atoms with van der Waals surface area (Å²) in [4.78, 5) is 28.8. The van der Waals surface area contributed by atoms with Crippen molar-refractivity contribution in [2.45, 2.75) is 70.3 Å². The SMILES string of the molecule is O=C1NCCCCC1Nc1nc(NCCCc2ccccc2)nc(N2CCCCCCC2)n1. The molecule has 3 heterocycles. The Labute approximate surface area is 197 Å². The first-order chi connectivity index (χ1) is 16.3. The van der Waals surface area contributed by atoms with Crippen molar-refractivity contribution in [1.82, 2.24) is 20.3 Å². The fraction of sp³-hybridized carbons (Fsp3) is 0.600. The smallest absolute Gasteiger partial charge is 0.242 e. The van der Waals surface area contributed by atoms with E-state index < -0.39 is 0 Å². The highest BCUT2D eigenvalue weighted by Gasteiger charge is 2.23. The van der Waals surface area contributed by atoms with E-state index in [0.717, 1.165) is 71.1 Å². The van der Waals surface area contributed by atoms with Gasteiger partial charge in [0.05, 0.1) is 0 Å². The van der Waals surface area contributed by atoms with Crippen molar-refractivity contribution in [1.29, 1.82) is 0 Å². The molecule has 33 heavy (non-hydrogen) atoms. The van der Waals surface area contributed by atoms with Crippen LogP contribution in [0.4, 0.5) is 17.8 Å². The van der Waals surface area contributed by atoms with Crippen molar-refractivity contribution in [2.75, 3.05) is 41.7 Å². The van der Waals surface area contributed by atoms with Gasteiger partial charge in [0.1, 0.15) is 6.04 Å². The van der Waals surface area contributed by atoms with Crippen LogP contribution in [0.2, 0.25) is 0 Å². The Bertz CT molecular complexity index is 868. The van der Waals surface area contributed by atoms with Gasteiger partial charge < -0.3 is 20.9 Å². The van der Waals surface area contributed by atoms with E-state index in [1.165, 1.54) is 24.8 Å². The first-order valence-corrected chi connectivity index (χ1v) is 12.6. The zero-order valence-electron chi connectivity index (χ0n) is 19.6. The number of aromatic nitrogens is 3. The van der Waals surface area contributed by atoms with E-state index in [4.69, 9.17) is 9.97 Å². The maximum atomic E-state index is 12.4. The molecule has 4 rings (SSSR count). The Morgan fingerprint density at radius 3 is 2.48 bits per heavy atom. The topological polar surface area (TPSA) is 95.1 Å². The largest absolute Gasteiger partial charge is 0.354 e.